The minimum atomic E-state index is -3.78. The summed E-state index contributed by atoms with van der Waals surface area (Å²) in [6.45, 7) is 3.64. The molecule has 1 fully saturated rings. The molecule has 19 heavy (non-hydrogen) atoms. The lowest BCUT2D eigenvalue weighted by Gasteiger charge is -2.12. The summed E-state index contributed by atoms with van der Waals surface area (Å²) in [4.78, 5) is 11.6. The zero-order valence-corrected chi connectivity index (χ0v) is 11.7. The zero-order chi connectivity index (χ0) is 14.0. The summed E-state index contributed by atoms with van der Waals surface area (Å²) in [7, 11) is -3.78. The van der Waals surface area contributed by atoms with Crippen molar-refractivity contribution in [1.29, 1.82) is 0 Å². The average molecular weight is 287 g/mol. The standard InChI is InChI=1S/C11H17N3O4S/c1-3-18-11(15)9-6-12-13-10(9)19(16,17)14-7(2)8-4-5-8/h6-8,14H,3-5H2,1-2H3,(H,12,13). The van der Waals surface area contributed by atoms with Gasteiger partial charge in [-0.25, -0.2) is 17.9 Å². The maximum absolute atomic E-state index is 12.2. The predicted octanol–water partition coefficient (Wildman–Crippen LogP) is 0.663. The van der Waals surface area contributed by atoms with Crippen molar-refractivity contribution in [3.63, 3.8) is 0 Å². The molecule has 2 N–H and O–H groups in total. The second kappa shape index (κ2) is 5.30. The molecule has 1 aromatic rings. The van der Waals surface area contributed by atoms with Gasteiger partial charge in [0.1, 0.15) is 5.56 Å². The van der Waals surface area contributed by atoms with E-state index in [2.05, 4.69) is 14.9 Å². The SMILES string of the molecule is CCOC(=O)c1cn[nH]c1S(=O)(=O)NC(C)C1CC1. The van der Waals surface area contributed by atoms with E-state index in [0.29, 0.717) is 5.92 Å². The van der Waals surface area contributed by atoms with Crippen molar-refractivity contribution in [2.75, 3.05) is 6.61 Å². The molecule has 1 heterocycles. The molecule has 0 spiro atoms. The van der Waals surface area contributed by atoms with Gasteiger partial charge in [-0.3, -0.25) is 5.10 Å². The van der Waals surface area contributed by atoms with E-state index in [9.17, 15) is 13.2 Å². The second-order valence-corrected chi connectivity index (χ2v) is 6.23. The maximum Gasteiger partial charge on any atom is 0.342 e. The number of carbonyl (C=O) groups is 1. The third-order valence-electron chi connectivity index (χ3n) is 3.04. The minimum Gasteiger partial charge on any atom is -0.462 e. The number of hydrogen-bond donors (Lipinski definition) is 2. The molecule has 8 heteroatoms. The highest BCUT2D eigenvalue weighted by molar-refractivity contribution is 7.89. The molecule has 0 radical (unpaired) electrons. The van der Waals surface area contributed by atoms with Gasteiger partial charge in [0, 0.05) is 6.04 Å². The van der Waals surface area contributed by atoms with Crippen LogP contribution < -0.4 is 4.72 Å². The van der Waals surface area contributed by atoms with E-state index in [4.69, 9.17) is 4.74 Å². The first kappa shape index (κ1) is 14.0. The van der Waals surface area contributed by atoms with Crippen LogP contribution in [0.2, 0.25) is 0 Å². The van der Waals surface area contributed by atoms with Gasteiger partial charge < -0.3 is 4.74 Å². The Morgan fingerprint density at radius 1 is 1.63 bits per heavy atom. The molecule has 1 saturated carbocycles. The quantitative estimate of drug-likeness (QED) is 0.749. The number of esters is 1. The Hall–Kier alpha value is -1.41. The highest BCUT2D eigenvalue weighted by Gasteiger charge is 2.33. The normalized spacial score (nSPS) is 17.2. The third-order valence-corrected chi connectivity index (χ3v) is 4.57. The van der Waals surface area contributed by atoms with Crippen molar-refractivity contribution in [2.24, 2.45) is 5.92 Å². The first-order chi connectivity index (χ1) is 8.95. The van der Waals surface area contributed by atoms with Crippen molar-refractivity contribution >= 4 is 16.0 Å². The number of nitrogens with one attached hydrogen (secondary N) is 2. The molecule has 0 amide bonds. The van der Waals surface area contributed by atoms with Gasteiger partial charge in [0.2, 0.25) is 0 Å². The number of hydrogen-bond acceptors (Lipinski definition) is 5. The Morgan fingerprint density at radius 2 is 2.32 bits per heavy atom. The first-order valence-electron chi connectivity index (χ1n) is 6.18. The Bertz CT molecular complexity index is 562. The van der Waals surface area contributed by atoms with Crippen LogP contribution in [0.1, 0.15) is 37.0 Å². The lowest BCUT2D eigenvalue weighted by Crippen LogP contribution is -2.35. The number of H-pyrrole nitrogens is 1. The lowest BCUT2D eigenvalue weighted by molar-refractivity contribution is 0.0522. The summed E-state index contributed by atoms with van der Waals surface area (Å²) in [5.74, 6) is -0.320. The fourth-order valence-corrected chi connectivity index (χ4v) is 3.23. The summed E-state index contributed by atoms with van der Waals surface area (Å²) in [5, 5.41) is 5.73. The number of ether oxygens (including phenoxy) is 1. The van der Waals surface area contributed by atoms with E-state index in [1.165, 1.54) is 0 Å². The molecule has 1 unspecified atom stereocenters. The smallest absolute Gasteiger partial charge is 0.342 e. The van der Waals surface area contributed by atoms with Gasteiger partial charge >= 0.3 is 5.97 Å². The van der Waals surface area contributed by atoms with Gasteiger partial charge in [0.15, 0.2) is 5.03 Å². The summed E-state index contributed by atoms with van der Waals surface area (Å²) in [6, 6.07) is -0.150. The average Bonchev–Trinajstić information content (AvgIpc) is 3.05. The maximum atomic E-state index is 12.2. The molecule has 0 bridgehead atoms. The van der Waals surface area contributed by atoms with E-state index in [1.54, 1.807) is 6.92 Å². The zero-order valence-electron chi connectivity index (χ0n) is 10.8. The van der Waals surface area contributed by atoms with Crippen LogP contribution in [-0.4, -0.2) is 37.2 Å². The molecular formula is C11H17N3O4S. The highest BCUT2D eigenvalue weighted by atomic mass is 32.2. The molecular weight excluding hydrogens is 270 g/mol. The first-order valence-corrected chi connectivity index (χ1v) is 7.67. The molecule has 2 rings (SSSR count). The van der Waals surface area contributed by atoms with E-state index in [-0.39, 0.29) is 23.2 Å². The summed E-state index contributed by atoms with van der Waals surface area (Å²) in [5.41, 5.74) is -0.0719. The number of rotatable bonds is 6. The van der Waals surface area contributed by atoms with Crippen LogP contribution in [0.3, 0.4) is 0 Å². The lowest BCUT2D eigenvalue weighted by atomic mass is 10.2. The van der Waals surface area contributed by atoms with Crippen LogP contribution in [0, 0.1) is 5.92 Å². The van der Waals surface area contributed by atoms with Gasteiger partial charge in [0.05, 0.1) is 12.8 Å². The van der Waals surface area contributed by atoms with Crippen LogP contribution in [0.25, 0.3) is 0 Å². The Morgan fingerprint density at radius 3 is 2.89 bits per heavy atom. The Kier molecular flexibility index (Phi) is 3.91. The number of aromatic amines is 1. The molecule has 7 nitrogen and oxygen atoms in total. The van der Waals surface area contributed by atoms with Crippen LogP contribution >= 0.6 is 0 Å². The molecule has 1 atom stereocenters. The fourth-order valence-electron chi connectivity index (χ4n) is 1.83. The number of aromatic nitrogens is 2. The van der Waals surface area contributed by atoms with E-state index < -0.39 is 16.0 Å². The van der Waals surface area contributed by atoms with Crippen molar-refractivity contribution in [3.05, 3.63) is 11.8 Å². The van der Waals surface area contributed by atoms with Crippen LogP contribution in [0.15, 0.2) is 11.2 Å². The minimum absolute atomic E-state index is 0.0719. The second-order valence-electron chi connectivity index (χ2n) is 4.58. The van der Waals surface area contributed by atoms with Gasteiger partial charge in [-0.05, 0) is 32.6 Å². The molecule has 1 aliphatic rings. The Labute approximate surface area is 111 Å². The molecule has 1 aromatic heterocycles. The largest absolute Gasteiger partial charge is 0.462 e. The molecule has 0 aliphatic heterocycles. The van der Waals surface area contributed by atoms with Crippen molar-refractivity contribution in [3.8, 4) is 0 Å². The molecule has 0 aromatic carbocycles. The molecule has 0 saturated heterocycles. The topological polar surface area (TPSA) is 101 Å². The predicted molar refractivity (Wildman–Crippen MR) is 67.1 cm³/mol. The highest BCUT2D eigenvalue weighted by Crippen LogP contribution is 2.33. The monoisotopic (exact) mass is 287 g/mol. The third kappa shape index (κ3) is 3.13. The van der Waals surface area contributed by atoms with Gasteiger partial charge in [-0.15, -0.1) is 0 Å². The number of carbonyl (C=O) groups excluding carboxylic acids is 1. The molecule has 1 aliphatic carbocycles. The summed E-state index contributed by atoms with van der Waals surface area (Å²) in [6.07, 6.45) is 3.21. The van der Waals surface area contributed by atoms with Crippen LogP contribution in [0.4, 0.5) is 0 Å². The van der Waals surface area contributed by atoms with E-state index >= 15 is 0 Å². The summed E-state index contributed by atoms with van der Waals surface area (Å²) >= 11 is 0. The van der Waals surface area contributed by atoms with E-state index in [1.807, 2.05) is 6.92 Å². The van der Waals surface area contributed by atoms with E-state index in [0.717, 1.165) is 19.0 Å². The van der Waals surface area contributed by atoms with Gasteiger partial charge in [0.25, 0.3) is 10.0 Å². The fraction of sp³-hybridized carbons (Fsp3) is 0.636. The van der Waals surface area contributed by atoms with Crippen LogP contribution in [0.5, 0.6) is 0 Å². The van der Waals surface area contributed by atoms with Gasteiger partial charge in [-0.2, -0.15) is 5.10 Å². The van der Waals surface area contributed by atoms with Crippen molar-refractivity contribution in [1.82, 2.24) is 14.9 Å². The van der Waals surface area contributed by atoms with Gasteiger partial charge in [-0.1, -0.05) is 0 Å². The van der Waals surface area contributed by atoms with Crippen LogP contribution in [-0.2, 0) is 14.8 Å². The number of nitrogens with zero attached hydrogens (tertiary/aromatic N) is 1. The van der Waals surface area contributed by atoms with Crippen molar-refractivity contribution in [2.45, 2.75) is 37.8 Å². The summed E-state index contributed by atoms with van der Waals surface area (Å²) < 4.78 is 31.7. The Balaban J connectivity index is 2.20. The molecule has 106 valence electrons. The van der Waals surface area contributed by atoms with Crippen molar-refractivity contribution < 1.29 is 17.9 Å². The number of sulfonamides is 1.